The Morgan fingerprint density at radius 3 is 2.17 bits per heavy atom. The van der Waals surface area contributed by atoms with Crippen LogP contribution in [0.4, 0.5) is 0 Å². The van der Waals surface area contributed by atoms with Crippen molar-refractivity contribution in [3.63, 3.8) is 0 Å². The van der Waals surface area contributed by atoms with Gasteiger partial charge in [-0.15, -0.1) is 0 Å². The molecule has 0 saturated heterocycles. The quantitative estimate of drug-likeness (QED) is 0.848. The molecular formula is C17H18O. The maximum absolute atomic E-state index is 8.81. The molecule has 1 N–H and O–H groups in total. The van der Waals surface area contributed by atoms with Gasteiger partial charge in [-0.25, -0.2) is 0 Å². The van der Waals surface area contributed by atoms with Gasteiger partial charge in [0.1, 0.15) is 0 Å². The molecule has 0 aliphatic carbocycles. The summed E-state index contributed by atoms with van der Waals surface area (Å²) >= 11 is 0. The van der Waals surface area contributed by atoms with Gasteiger partial charge < -0.3 is 5.11 Å². The van der Waals surface area contributed by atoms with Gasteiger partial charge >= 0.3 is 0 Å². The molecule has 1 nitrogen and oxygen atoms in total. The van der Waals surface area contributed by atoms with Crippen molar-refractivity contribution in [2.45, 2.75) is 13.3 Å². The summed E-state index contributed by atoms with van der Waals surface area (Å²) < 4.78 is 0. The summed E-state index contributed by atoms with van der Waals surface area (Å²) in [4.78, 5) is 0. The molecule has 0 saturated carbocycles. The van der Waals surface area contributed by atoms with E-state index in [-0.39, 0.29) is 6.61 Å². The smallest absolute Gasteiger partial charge is 0.0465 e. The van der Waals surface area contributed by atoms with Gasteiger partial charge in [0.25, 0.3) is 0 Å². The van der Waals surface area contributed by atoms with E-state index < -0.39 is 0 Å². The SMILES string of the molecule is CC(=CCCO)c1ccc(-c2ccccc2)cc1. The van der Waals surface area contributed by atoms with E-state index in [9.17, 15) is 0 Å². The molecule has 0 fully saturated rings. The van der Waals surface area contributed by atoms with Gasteiger partial charge in [-0.1, -0.05) is 60.7 Å². The normalized spacial score (nSPS) is 11.6. The van der Waals surface area contributed by atoms with Gasteiger partial charge in [0.15, 0.2) is 0 Å². The lowest BCUT2D eigenvalue weighted by molar-refractivity contribution is 0.303. The van der Waals surface area contributed by atoms with Gasteiger partial charge in [0, 0.05) is 6.61 Å². The lowest BCUT2D eigenvalue weighted by Crippen LogP contribution is -1.83. The third-order valence-electron chi connectivity index (χ3n) is 3.03. The minimum Gasteiger partial charge on any atom is -0.396 e. The van der Waals surface area contributed by atoms with Crippen molar-refractivity contribution in [1.82, 2.24) is 0 Å². The van der Waals surface area contributed by atoms with Crippen LogP contribution in [0.1, 0.15) is 18.9 Å². The molecule has 0 aliphatic rings. The van der Waals surface area contributed by atoms with Gasteiger partial charge in [-0.3, -0.25) is 0 Å². The highest BCUT2D eigenvalue weighted by Crippen LogP contribution is 2.22. The molecule has 0 radical (unpaired) electrons. The average molecular weight is 238 g/mol. The molecule has 2 aromatic rings. The predicted molar refractivity (Wildman–Crippen MR) is 77.2 cm³/mol. The van der Waals surface area contributed by atoms with E-state index in [4.69, 9.17) is 5.11 Å². The Hall–Kier alpha value is -1.86. The van der Waals surface area contributed by atoms with E-state index in [1.807, 2.05) is 6.07 Å². The van der Waals surface area contributed by atoms with Crippen LogP contribution in [-0.2, 0) is 0 Å². The van der Waals surface area contributed by atoms with Crippen LogP contribution in [0.3, 0.4) is 0 Å². The molecule has 0 atom stereocenters. The van der Waals surface area contributed by atoms with E-state index >= 15 is 0 Å². The van der Waals surface area contributed by atoms with E-state index in [1.165, 1.54) is 22.3 Å². The molecule has 0 aliphatic heterocycles. The zero-order chi connectivity index (χ0) is 12.8. The average Bonchev–Trinajstić information content (AvgIpc) is 2.46. The molecule has 0 spiro atoms. The van der Waals surface area contributed by atoms with Crippen LogP contribution >= 0.6 is 0 Å². The highest BCUT2D eigenvalue weighted by molar-refractivity contribution is 5.69. The molecule has 0 bridgehead atoms. The molecule has 2 aromatic carbocycles. The first-order valence-corrected chi connectivity index (χ1v) is 6.25. The number of benzene rings is 2. The van der Waals surface area contributed by atoms with Crippen LogP contribution in [0.25, 0.3) is 16.7 Å². The molecule has 0 heterocycles. The minimum atomic E-state index is 0.208. The second-order valence-corrected chi connectivity index (χ2v) is 4.34. The molecule has 0 aromatic heterocycles. The molecule has 92 valence electrons. The van der Waals surface area contributed by atoms with Crippen LogP contribution in [0, 0.1) is 0 Å². The Kier molecular flexibility index (Phi) is 4.32. The summed E-state index contributed by atoms with van der Waals surface area (Å²) in [5.41, 5.74) is 4.89. The van der Waals surface area contributed by atoms with Gasteiger partial charge in [0.2, 0.25) is 0 Å². The molecular weight excluding hydrogens is 220 g/mol. The first kappa shape index (κ1) is 12.6. The molecule has 0 amide bonds. The third kappa shape index (κ3) is 3.08. The number of allylic oxidation sites excluding steroid dienone is 1. The lowest BCUT2D eigenvalue weighted by atomic mass is 10.0. The van der Waals surface area contributed by atoms with E-state index in [2.05, 4.69) is 61.5 Å². The topological polar surface area (TPSA) is 20.2 Å². The first-order valence-electron chi connectivity index (χ1n) is 6.25. The summed E-state index contributed by atoms with van der Waals surface area (Å²) in [5.74, 6) is 0. The van der Waals surface area contributed by atoms with Gasteiger partial charge in [-0.05, 0) is 35.6 Å². The zero-order valence-corrected chi connectivity index (χ0v) is 10.6. The summed E-state index contributed by atoms with van der Waals surface area (Å²) in [5, 5.41) is 8.81. The maximum atomic E-state index is 8.81. The Bertz CT molecular complexity index is 509. The van der Waals surface area contributed by atoms with Crippen molar-refractivity contribution in [3.05, 3.63) is 66.2 Å². The zero-order valence-electron chi connectivity index (χ0n) is 10.6. The van der Waals surface area contributed by atoms with E-state index in [0.29, 0.717) is 6.42 Å². The van der Waals surface area contributed by atoms with Crippen molar-refractivity contribution in [2.24, 2.45) is 0 Å². The standard InChI is InChI=1S/C17H18O/c1-14(6-5-13-18)15-9-11-17(12-10-15)16-7-3-2-4-8-16/h2-4,6-12,18H,5,13H2,1H3. The van der Waals surface area contributed by atoms with Gasteiger partial charge in [-0.2, -0.15) is 0 Å². The number of rotatable bonds is 4. The monoisotopic (exact) mass is 238 g/mol. The summed E-state index contributed by atoms with van der Waals surface area (Å²) in [6.07, 6.45) is 2.78. The fraction of sp³-hybridized carbons (Fsp3) is 0.176. The van der Waals surface area contributed by atoms with Crippen LogP contribution < -0.4 is 0 Å². The van der Waals surface area contributed by atoms with Crippen molar-refractivity contribution < 1.29 is 5.11 Å². The summed E-state index contributed by atoms with van der Waals surface area (Å²) in [6.45, 7) is 2.28. The molecule has 18 heavy (non-hydrogen) atoms. The highest BCUT2D eigenvalue weighted by Gasteiger charge is 1.98. The van der Waals surface area contributed by atoms with Crippen molar-refractivity contribution in [2.75, 3.05) is 6.61 Å². The number of hydrogen-bond acceptors (Lipinski definition) is 1. The molecule has 2 rings (SSSR count). The van der Waals surface area contributed by atoms with Crippen LogP contribution in [0.2, 0.25) is 0 Å². The van der Waals surface area contributed by atoms with Crippen molar-refractivity contribution in [1.29, 1.82) is 0 Å². The van der Waals surface area contributed by atoms with Crippen LogP contribution in [0.15, 0.2) is 60.7 Å². The first-order chi connectivity index (χ1) is 8.81. The van der Waals surface area contributed by atoms with E-state index in [1.54, 1.807) is 0 Å². The maximum Gasteiger partial charge on any atom is 0.0465 e. The second-order valence-electron chi connectivity index (χ2n) is 4.34. The fourth-order valence-electron chi connectivity index (χ4n) is 1.96. The molecule has 0 unspecified atom stereocenters. The van der Waals surface area contributed by atoms with Crippen LogP contribution in [-0.4, -0.2) is 11.7 Å². The van der Waals surface area contributed by atoms with E-state index in [0.717, 1.165) is 0 Å². The Labute approximate surface area is 108 Å². The summed E-state index contributed by atoms with van der Waals surface area (Å²) in [6, 6.07) is 18.9. The molecule has 1 heteroatoms. The number of hydrogen-bond donors (Lipinski definition) is 1. The number of aliphatic hydroxyl groups excluding tert-OH is 1. The van der Waals surface area contributed by atoms with Crippen molar-refractivity contribution >= 4 is 5.57 Å². The minimum absolute atomic E-state index is 0.208. The summed E-state index contributed by atoms with van der Waals surface area (Å²) in [7, 11) is 0. The lowest BCUT2D eigenvalue weighted by Gasteiger charge is -2.05. The largest absolute Gasteiger partial charge is 0.396 e. The Balaban J connectivity index is 2.20. The second kappa shape index (κ2) is 6.18. The fourth-order valence-corrected chi connectivity index (χ4v) is 1.96. The predicted octanol–water partition coefficient (Wildman–Crippen LogP) is 4.14. The van der Waals surface area contributed by atoms with Crippen molar-refractivity contribution in [3.8, 4) is 11.1 Å². The highest BCUT2D eigenvalue weighted by atomic mass is 16.2. The van der Waals surface area contributed by atoms with Gasteiger partial charge in [0.05, 0.1) is 0 Å². The Morgan fingerprint density at radius 2 is 1.56 bits per heavy atom. The Morgan fingerprint density at radius 1 is 0.944 bits per heavy atom. The van der Waals surface area contributed by atoms with Crippen LogP contribution in [0.5, 0.6) is 0 Å². The number of aliphatic hydroxyl groups is 1. The third-order valence-corrected chi connectivity index (χ3v) is 3.03.